The molecule has 2 aromatic rings. The van der Waals surface area contributed by atoms with Gasteiger partial charge in [0.15, 0.2) is 6.29 Å². The van der Waals surface area contributed by atoms with Gasteiger partial charge in [0.1, 0.15) is 0 Å². The second kappa shape index (κ2) is 10.7. The van der Waals surface area contributed by atoms with Gasteiger partial charge in [0, 0.05) is 11.0 Å². The monoisotopic (exact) mass is 408 g/mol. The minimum absolute atomic E-state index is 0.0698. The molecule has 0 aliphatic carbocycles. The zero-order chi connectivity index (χ0) is 22.3. The van der Waals surface area contributed by atoms with Crippen LogP contribution in [-0.4, -0.2) is 21.4 Å². The van der Waals surface area contributed by atoms with Gasteiger partial charge in [-0.15, -0.1) is 0 Å². The standard InChI is InChI=1S/C27H36O3/c1-6-27(7-2,17-16-21-8-10-23(11-9-21)26(29)30)24-14-12-22(20(5)18-24)13-15-25(28)19(3)4/h8-19,25-26,28-30H,6-7H2,1-5H3. The van der Waals surface area contributed by atoms with Crippen LogP contribution in [0.3, 0.4) is 0 Å². The summed E-state index contributed by atoms with van der Waals surface area (Å²) in [5, 5.41) is 28.6. The van der Waals surface area contributed by atoms with Crippen molar-refractivity contribution >= 4 is 12.2 Å². The molecule has 0 saturated carbocycles. The molecule has 30 heavy (non-hydrogen) atoms. The summed E-state index contributed by atoms with van der Waals surface area (Å²) >= 11 is 0. The van der Waals surface area contributed by atoms with E-state index in [2.05, 4.69) is 51.1 Å². The average molecular weight is 409 g/mol. The summed E-state index contributed by atoms with van der Waals surface area (Å²) in [5.41, 5.74) is 5.06. The quantitative estimate of drug-likeness (QED) is 0.461. The van der Waals surface area contributed by atoms with Crippen LogP contribution in [0.4, 0.5) is 0 Å². The van der Waals surface area contributed by atoms with Crippen LogP contribution >= 0.6 is 0 Å². The first-order chi connectivity index (χ1) is 14.2. The number of aryl methyl sites for hydroxylation is 1. The van der Waals surface area contributed by atoms with Crippen LogP contribution in [-0.2, 0) is 5.41 Å². The molecule has 2 rings (SSSR count). The van der Waals surface area contributed by atoms with Crippen LogP contribution in [0.2, 0.25) is 0 Å². The van der Waals surface area contributed by atoms with Gasteiger partial charge in [-0.1, -0.05) is 94.5 Å². The van der Waals surface area contributed by atoms with E-state index < -0.39 is 12.4 Å². The van der Waals surface area contributed by atoms with Crippen molar-refractivity contribution in [3.63, 3.8) is 0 Å². The molecule has 0 aliphatic rings. The summed E-state index contributed by atoms with van der Waals surface area (Å²) in [6.07, 6.45) is 8.35. The number of aliphatic hydroxyl groups is 3. The third-order valence-electron chi connectivity index (χ3n) is 6.09. The lowest BCUT2D eigenvalue weighted by Gasteiger charge is -2.30. The van der Waals surface area contributed by atoms with Gasteiger partial charge < -0.3 is 15.3 Å². The Hall–Kier alpha value is -2.20. The molecule has 162 valence electrons. The summed E-state index contributed by atoms with van der Waals surface area (Å²) in [6.45, 7) is 10.5. The number of benzene rings is 2. The lowest BCUT2D eigenvalue weighted by Crippen LogP contribution is -2.21. The molecule has 0 aromatic heterocycles. The fourth-order valence-corrected chi connectivity index (χ4v) is 3.62. The summed E-state index contributed by atoms with van der Waals surface area (Å²) in [7, 11) is 0. The van der Waals surface area contributed by atoms with E-state index in [-0.39, 0.29) is 11.3 Å². The van der Waals surface area contributed by atoms with Crippen molar-refractivity contribution < 1.29 is 15.3 Å². The first-order valence-corrected chi connectivity index (χ1v) is 10.8. The zero-order valence-electron chi connectivity index (χ0n) is 18.8. The summed E-state index contributed by atoms with van der Waals surface area (Å²) < 4.78 is 0. The van der Waals surface area contributed by atoms with Crippen LogP contribution in [0.5, 0.6) is 0 Å². The van der Waals surface area contributed by atoms with E-state index in [9.17, 15) is 15.3 Å². The van der Waals surface area contributed by atoms with E-state index in [0.717, 1.165) is 24.0 Å². The molecule has 3 N–H and O–H groups in total. The first kappa shape index (κ1) is 24.1. The molecule has 3 heteroatoms. The van der Waals surface area contributed by atoms with Gasteiger partial charge in [-0.25, -0.2) is 0 Å². The van der Waals surface area contributed by atoms with E-state index in [1.165, 1.54) is 11.1 Å². The van der Waals surface area contributed by atoms with Crippen LogP contribution in [0.15, 0.2) is 54.6 Å². The summed E-state index contributed by atoms with van der Waals surface area (Å²) in [5.74, 6) is 0.202. The van der Waals surface area contributed by atoms with Gasteiger partial charge in [0.05, 0.1) is 6.10 Å². The highest BCUT2D eigenvalue weighted by atomic mass is 16.5. The molecular formula is C27H36O3. The Labute approximate surface area is 181 Å². The number of hydrogen-bond acceptors (Lipinski definition) is 3. The Morgan fingerprint density at radius 1 is 0.900 bits per heavy atom. The molecule has 1 unspecified atom stereocenters. The largest absolute Gasteiger partial charge is 0.389 e. The number of aliphatic hydroxyl groups excluding tert-OH is 2. The topological polar surface area (TPSA) is 60.7 Å². The predicted octanol–water partition coefficient (Wildman–Crippen LogP) is 5.78. The van der Waals surface area contributed by atoms with Gasteiger partial charge in [0.25, 0.3) is 0 Å². The van der Waals surface area contributed by atoms with Crippen LogP contribution < -0.4 is 0 Å². The third-order valence-corrected chi connectivity index (χ3v) is 6.09. The Morgan fingerprint density at radius 2 is 1.53 bits per heavy atom. The Bertz CT molecular complexity index is 856. The highest BCUT2D eigenvalue weighted by Gasteiger charge is 2.25. The summed E-state index contributed by atoms with van der Waals surface area (Å²) in [6, 6.07) is 13.9. The van der Waals surface area contributed by atoms with Gasteiger partial charge in [-0.05, 0) is 47.9 Å². The molecule has 0 spiro atoms. The summed E-state index contributed by atoms with van der Waals surface area (Å²) in [4.78, 5) is 0. The van der Waals surface area contributed by atoms with Crippen molar-refractivity contribution in [3.8, 4) is 0 Å². The van der Waals surface area contributed by atoms with Crippen molar-refractivity contribution in [2.45, 2.75) is 65.3 Å². The lowest BCUT2D eigenvalue weighted by atomic mass is 9.74. The Kier molecular flexibility index (Phi) is 8.60. The van der Waals surface area contributed by atoms with Gasteiger partial charge in [-0.2, -0.15) is 0 Å². The molecule has 0 saturated heterocycles. The molecule has 0 fully saturated rings. The molecule has 0 heterocycles. The van der Waals surface area contributed by atoms with Gasteiger partial charge in [0.2, 0.25) is 0 Å². The maximum Gasteiger partial charge on any atom is 0.178 e. The van der Waals surface area contributed by atoms with Crippen molar-refractivity contribution in [3.05, 3.63) is 82.4 Å². The first-order valence-electron chi connectivity index (χ1n) is 10.8. The Morgan fingerprint density at radius 3 is 2.03 bits per heavy atom. The molecule has 1 atom stereocenters. The van der Waals surface area contributed by atoms with E-state index in [4.69, 9.17) is 0 Å². The Balaban J connectivity index is 2.30. The molecule has 0 bridgehead atoms. The lowest BCUT2D eigenvalue weighted by molar-refractivity contribution is -0.0424. The minimum atomic E-state index is -1.44. The normalized spacial score (nSPS) is 13.8. The fraction of sp³-hybridized carbons (Fsp3) is 0.407. The van der Waals surface area contributed by atoms with E-state index in [0.29, 0.717) is 5.56 Å². The molecular weight excluding hydrogens is 372 g/mol. The minimum Gasteiger partial charge on any atom is -0.389 e. The third kappa shape index (κ3) is 5.91. The van der Waals surface area contributed by atoms with E-state index in [1.807, 2.05) is 38.1 Å². The number of hydrogen-bond donors (Lipinski definition) is 3. The van der Waals surface area contributed by atoms with Gasteiger partial charge >= 0.3 is 0 Å². The second-order valence-corrected chi connectivity index (χ2v) is 8.40. The maximum atomic E-state index is 10.0. The van der Waals surface area contributed by atoms with E-state index in [1.54, 1.807) is 12.1 Å². The number of allylic oxidation sites excluding steroid dienone is 1. The van der Waals surface area contributed by atoms with Crippen molar-refractivity contribution in [2.75, 3.05) is 0 Å². The SMILES string of the molecule is CCC(C=Cc1ccc(C(O)O)cc1)(CC)c1ccc(C=CC(O)C(C)C)c(C)c1. The van der Waals surface area contributed by atoms with Gasteiger partial charge in [-0.3, -0.25) is 0 Å². The van der Waals surface area contributed by atoms with Crippen LogP contribution in [0.25, 0.3) is 12.2 Å². The molecule has 3 nitrogen and oxygen atoms in total. The predicted molar refractivity (Wildman–Crippen MR) is 126 cm³/mol. The highest BCUT2D eigenvalue weighted by Crippen LogP contribution is 2.35. The smallest absolute Gasteiger partial charge is 0.178 e. The van der Waals surface area contributed by atoms with E-state index >= 15 is 0 Å². The second-order valence-electron chi connectivity index (χ2n) is 8.40. The zero-order valence-corrected chi connectivity index (χ0v) is 18.8. The van der Waals surface area contributed by atoms with Crippen molar-refractivity contribution in [1.82, 2.24) is 0 Å². The van der Waals surface area contributed by atoms with Crippen molar-refractivity contribution in [2.24, 2.45) is 5.92 Å². The highest BCUT2D eigenvalue weighted by molar-refractivity contribution is 5.57. The molecule has 0 radical (unpaired) electrons. The van der Waals surface area contributed by atoms with Crippen molar-refractivity contribution in [1.29, 1.82) is 0 Å². The maximum absolute atomic E-state index is 10.0. The molecule has 0 amide bonds. The fourth-order valence-electron chi connectivity index (χ4n) is 3.62. The number of rotatable bonds is 9. The average Bonchev–Trinajstić information content (AvgIpc) is 2.74. The molecule has 0 aliphatic heterocycles. The molecule has 2 aromatic carbocycles. The van der Waals surface area contributed by atoms with Crippen LogP contribution in [0.1, 0.15) is 74.6 Å². The van der Waals surface area contributed by atoms with Crippen LogP contribution in [0, 0.1) is 12.8 Å².